The van der Waals surface area contributed by atoms with Gasteiger partial charge in [0, 0.05) is 5.56 Å². The Bertz CT molecular complexity index is 303. The van der Waals surface area contributed by atoms with E-state index in [9.17, 15) is 5.11 Å². The maximum Gasteiger partial charge on any atom is 0.125 e. The lowest BCUT2D eigenvalue weighted by atomic mass is 9.95. The Labute approximate surface area is 78.5 Å². The van der Waals surface area contributed by atoms with Crippen molar-refractivity contribution in [3.63, 3.8) is 0 Å². The molecule has 0 aliphatic rings. The molecule has 0 spiro atoms. The quantitative estimate of drug-likeness (QED) is 0.718. The highest BCUT2D eigenvalue weighted by Crippen LogP contribution is 2.29. The van der Waals surface area contributed by atoms with E-state index >= 15 is 0 Å². The zero-order chi connectivity index (χ0) is 9.90. The molecule has 0 amide bonds. The number of rotatable bonds is 3. The van der Waals surface area contributed by atoms with Crippen LogP contribution in [0.2, 0.25) is 0 Å². The fraction of sp³-hybridized carbons (Fsp3) is 0.273. The molecule has 0 radical (unpaired) electrons. The Hall–Kier alpha value is -1.28. The molecule has 0 saturated carbocycles. The third kappa shape index (κ3) is 1.90. The van der Waals surface area contributed by atoms with Gasteiger partial charge < -0.3 is 9.84 Å². The van der Waals surface area contributed by atoms with Crippen LogP contribution in [0.1, 0.15) is 12.5 Å². The molecule has 70 valence electrons. The average Bonchev–Trinajstić information content (AvgIpc) is 2.18. The highest BCUT2D eigenvalue weighted by Gasteiger charge is 2.21. The van der Waals surface area contributed by atoms with Crippen LogP contribution in [0.4, 0.5) is 0 Å². The third-order valence-corrected chi connectivity index (χ3v) is 2.05. The lowest BCUT2D eigenvalue weighted by molar-refractivity contribution is 0.108. The number of para-hydroxylation sites is 1. The summed E-state index contributed by atoms with van der Waals surface area (Å²) >= 11 is 0. The van der Waals surface area contributed by atoms with E-state index in [-0.39, 0.29) is 0 Å². The van der Waals surface area contributed by atoms with E-state index in [2.05, 4.69) is 6.58 Å². The predicted octanol–water partition coefficient (Wildman–Crippen LogP) is 2.09. The molecule has 1 N–H and O–H groups in total. The molecule has 0 aromatic heterocycles. The van der Waals surface area contributed by atoms with E-state index < -0.39 is 5.60 Å². The molecule has 13 heavy (non-hydrogen) atoms. The van der Waals surface area contributed by atoms with E-state index in [1.54, 1.807) is 14.0 Å². The second kappa shape index (κ2) is 3.62. The summed E-state index contributed by atoms with van der Waals surface area (Å²) in [5, 5.41) is 9.91. The van der Waals surface area contributed by atoms with Gasteiger partial charge in [0.1, 0.15) is 11.4 Å². The van der Waals surface area contributed by atoms with Crippen molar-refractivity contribution in [2.75, 3.05) is 7.11 Å². The minimum Gasteiger partial charge on any atom is -0.496 e. The van der Waals surface area contributed by atoms with Crippen molar-refractivity contribution in [2.24, 2.45) is 0 Å². The van der Waals surface area contributed by atoms with E-state index in [4.69, 9.17) is 4.74 Å². The first kappa shape index (κ1) is 9.81. The Morgan fingerprint density at radius 1 is 1.46 bits per heavy atom. The second-order valence-electron chi connectivity index (χ2n) is 3.05. The van der Waals surface area contributed by atoms with Gasteiger partial charge in [0.05, 0.1) is 7.11 Å². The molecule has 0 aliphatic carbocycles. The van der Waals surface area contributed by atoms with Crippen molar-refractivity contribution < 1.29 is 9.84 Å². The predicted molar refractivity (Wildman–Crippen MR) is 52.8 cm³/mol. The fourth-order valence-electron chi connectivity index (χ4n) is 1.17. The minimum atomic E-state index is -1.04. The minimum absolute atomic E-state index is 0.674. The summed E-state index contributed by atoms with van der Waals surface area (Å²) in [4.78, 5) is 0. The van der Waals surface area contributed by atoms with Gasteiger partial charge in [0.25, 0.3) is 0 Å². The van der Waals surface area contributed by atoms with Crippen molar-refractivity contribution in [3.8, 4) is 5.75 Å². The van der Waals surface area contributed by atoms with Crippen LogP contribution in [0.5, 0.6) is 5.75 Å². The summed E-state index contributed by atoms with van der Waals surface area (Å²) in [5.74, 6) is 0.674. The molecule has 2 nitrogen and oxygen atoms in total. The Kier molecular flexibility index (Phi) is 2.73. The van der Waals surface area contributed by atoms with Crippen LogP contribution in [-0.2, 0) is 5.60 Å². The topological polar surface area (TPSA) is 29.5 Å². The van der Waals surface area contributed by atoms with Crippen LogP contribution < -0.4 is 4.74 Å². The lowest BCUT2D eigenvalue weighted by Crippen LogP contribution is -2.18. The smallest absolute Gasteiger partial charge is 0.125 e. The molecular formula is C11H14O2. The molecule has 1 aromatic carbocycles. The Morgan fingerprint density at radius 2 is 2.08 bits per heavy atom. The zero-order valence-corrected chi connectivity index (χ0v) is 7.95. The van der Waals surface area contributed by atoms with Crippen LogP contribution in [0.25, 0.3) is 0 Å². The first-order chi connectivity index (χ1) is 6.11. The summed E-state index contributed by atoms with van der Waals surface area (Å²) in [5.41, 5.74) is -0.306. The molecule has 1 aromatic rings. The normalized spacial score (nSPS) is 14.7. The maximum absolute atomic E-state index is 9.91. The van der Waals surface area contributed by atoms with Gasteiger partial charge in [-0.15, -0.1) is 0 Å². The molecule has 0 aliphatic heterocycles. The van der Waals surface area contributed by atoms with E-state index in [1.165, 1.54) is 6.08 Å². The second-order valence-corrected chi connectivity index (χ2v) is 3.05. The summed E-state index contributed by atoms with van der Waals surface area (Å²) in [7, 11) is 1.58. The SMILES string of the molecule is C=C[C@](C)(O)c1ccccc1OC. The van der Waals surface area contributed by atoms with Crippen LogP contribution >= 0.6 is 0 Å². The first-order valence-electron chi connectivity index (χ1n) is 4.11. The van der Waals surface area contributed by atoms with Gasteiger partial charge in [0.2, 0.25) is 0 Å². The molecule has 0 fully saturated rings. The van der Waals surface area contributed by atoms with Crippen molar-refractivity contribution in [1.82, 2.24) is 0 Å². The van der Waals surface area contributed by atoms with Crippen LogP contribution in [0.3, 0.4) is 0 Å². The van der Waals surface area contributed by atoms with Crippen LogP contribution in [0.15, 0.2) is 36.9 Å². The van der Waals surface area contributed by atoms with Gasteiger partial charge in [-0.25, -0.2) is 0 Å². The Morgan fingerprint density at radius 3 is 2.62 bits per heavy atom. The summed E-state index contributed by atoms with van der Waals surface area (Å²) < 4.78 is 5.13. The van der Waals surface area contributed by atoms with Gasteiger partial charge in [-0.3, -0.25) is 0 Å². The van der Waals surface area contributed by atoms with Crippen molar-refractivity contribution >= 4 is 0 Å². The van der Waals surface area contributed by atoms with Crippen LogP contribution in [-0.4, -0.2) is 12.2 Å². The molecule has 0 heterocycles. The van der Waals surface area contributed by atoms with Gasteiger partial charge in [-0.05, 0) is 13.0 Å². The van der Waals surface area contributed by atoms with Gasteiger partial charge in [-0.1, -0.05) is 30.9 Å². The third-order valence-electron chi connectivity index (χ3n) is 2.05. The molecule has 1 rings (SSSR count). The zero-order valence-electron chi connectivity index (χ0n) is 7.95. The van der Waals surface area contributed by atoms with E-state index in [1.807, 2.05) is 24.3 Å². The fourth-order valence-corrected chi connectivity index (χ4v) is 1.17. The molecular weight excluding hydrogens is 164 g/mol. The molecule has 0 unspecified atom stereocenters. The number of ether oxygens (including phenoxy) is 1. The summed E-state index contributed by atoms with van der Waals surface area (Å²) in [6.07, 6.45) is 1.49. The monoisotopic (exact) mass is 178 g/mol. The number of aliphatic hydroxyl groups is 1. The maximum atomic E-state index is 9.91. The number of hydrogen-bond donors (Lipinski definition) is 1. The van der Waals surface area contributed by atoms with Crippen molar-refractivity contribution in [3.05, 3.63) is 42.5 Å². The molecule has 0 saturated heterocycles. The highest BCUT2D eigenvalue weighted by molar-refractivity contribution is 5.39. The molecule has 1 atom stereocenters. The van der Waals surface area contributed by atoms with Gasteiger partial charge >= 0.3 is 0 Å². The van der Waals surface area contributed by atoms with E-state index in [0.717, 1.165) is 5.56 Å². The Balaban J connectivity index is 3.20. The number of methoxy groups -OCH3 is 1. The number of benzene rings is 1. The van der Waals surface area contributed by atoms with Crippen molar-refractivity contribution in [1.29, 1.82) is 0 Å². The summed E-state index contributed by atoms with van der Waals surface area (Å²) in [6, 6.07) is 7.35. The average molecular weight is 178 g/mol. The lowest BCUT2D eigenvalue weighted by Gasteiger charge is -2.21. The number of hydrogen-bond acceptors (Lipinski definition) is 2. The van der Waals surface area contributed by atoms with Crippen molar-refractivity contribution in [2.45, 2.75) is 12.5 Å². The molecule has 2 heteroatoms. The first-order valence-corrected chi connectivity index (χ1v) is 4.11. The van der Waals surface area contributed by atoms with Gasteiger partial charge in [0.15, 0.2) is 0 Å². The molecule has 0 bridgehead atoms. The largest absolute Gasteiger partial charge is 0.496 e. The highest BCUT2D eigenvalue weighted by atomic mass is 16.5. The standard InChI is InChI=1S/C11H14O2/c1-4-11(2,12)9-7-5-6-8-10(9)13-3/h4-8,12H,1H2,2-3H3/t11-/m0/s1. The van der Waals surface area contributed by atoms with Crippen LogP contribution in [0, 0.1) is 0 Å². The van der Waals surface area contributed by atoms with Gasteiger partial charge in [-0.2, -0.15) is 0 Å². The summed E-state index contributed by atoms with van der Waals surface area (Å²) in [6.45, 7) is 5.26. The van der Waals surface area contributed by atoms with E-state index in [0.29, 0.717) is 5.75 Å².